The molecule has 0 amide bonds. The van der Waals surface area contributed by atoms with E-state index in [0.29, 0.717) is 0 Å². The van der Waals surface area contributed by atoms with Crippen molar-refractivity contribution >= 4 is 5.95 Å². The zero-order valence-corrected chi connectivity index (χ0v) is 9.37. The molecule has 0 bridgehead atoms. The van der Waals surface area contributed by atoms with Gasteiger partial charge < -0.3 is 5.32 Å². The van der Waals surface area contributed by atoms with Gasteiger partial charge in [0.25, 0.3) is 0 Å². The van der Waals surface area contributed by atoms with Crippen molar-refractivity contribution in [3.63, 3.8) is 0 Å². The van der Waals surface area contributed by atoms with Crippen molar-refractivity contribution < 1.29 is 4.39 Å². The number of aromatic nitrogens is 2. The number of halogens is 1. The van der Waals surface area contributed by atoms with Crippen LogP contribution in [0.1, 0.15) is 12.5 Å². The third-order valence-electron chi connectivity index (χ3n) is 2.41. The van der Waals surface area contributed by atoms with Gasteiger partial charge in [0.15, 0.2) is 0 Å². The number of anilines is 1. The molecule has 0 radical (unpaired) electrons. The molecule has 0 aliphatic carbocycles. The summed E-state index contributed by atoms with van der Waals surface area (Å²) < 4.78 is 15.1. The second-order valence-electron chi connectivity index (χ2n) is 3.58. The molecule has 0 unspecified atom stereocenters. The predicted molar refractivity (Wildman–Crippen MR) is 62.4 cm³/mol. The van der Waals surface area contributed by atoms with E-state index in [1.54, 1.807) is 12.3 Å². The smallest absolute Gasteiger partial charge is 0.207 e. The monoisotopic (exact) mass is 219 g/mol. The van der Waals surface area contributed by atoms with Gasteiger partial charge >= 0.3 is 0 Å². The molecule has 0 spiro atoms. The lowest BCUT2D eigenvalue weighted by Gasteiger charge is -2.11. The van der Waals surface area contributed by atoms with E-state index in [-0.39, 0.29) is 5.82 Å². The average molecular weight is 219 g/mol. The first-order chi connectivity index (χ1) is 7.72. The Hall–Kier alpha value is -1.84. The van der Waals surface area contributed by atoms with Gasteiger partial charge in [-0.1, -0.05) is 6.07 Å². The molecule has 3 nitrogen and oxygen atoms in total. The fraction of sp³-hybridized carbons (Fsp3) is 0.250. The third-order valence-corrected chi connectivity index (χ3v) is 2.41. The van der Waals surface area contributed by atoms with Gasteiger partial charge in [0, 0.05) is 18.9 Å². The third kappa shape index (κ3) is 1.91. The molecule has 0 saturated heterocycles. The molecule has 1 heterocycles. The zero-order chi connectivity index (χ0) is 11.5. The summed E-state index contributed by atoms with van der Waals surface area (Å²) in [7, 11) is 0. The molecule has 1 aromatic heterocycles. The minimum Gasteiger partial charge on any atom is -0.356 e. The van der Waals surface area contributed by atoms with Crippen LogP contribution in [0.2, 0.25) is 0 Å². The van der Waals surface area contributed by atoms with Crippen LogP contribution >= 0.6 is 0 Å². The number of aryl methyl sites for hydroxylation is 1. The van der Waals surface area contributed by atoms with Crippen LogP contribution in [0, 0.1) is 12.7 Å². The van der Waals surface area contributed by atoms with E-state index in [2.05, 4.69) is 10.3 Å². The van der Waals surface area contributed by atoms with E-state index < -0.39 is 0 Å². The van der Waals surface area contributed by atoms with E-state index >= 15 is 0 Å². The van der Waals surface area contributed by atoms with Gasteiger partial charge in [-0.25, -0.2) is 9.37 Å². The number of hydrogen-bond donors (Lipinski definition) is 1. The Morgan fingerprint density at radius 1 is 1.44 bits per heavy atom. The molecule has 0 aliphatic heterocycles. The lowest BCUT2D eigenvalue weighted by atomic mass is 10.2. The van der Waals surface area contributed by atoms with Gasteiger partial charge in [-0.2, -0.15) is 0 Å². The van der Waals surface area contributed by atoms with Gasteiger partial charge in [-0.3, -0.25) is 4.57 Å². The van der Waals surface area contributed by atoms with E-state index in [1.165, 1.54) is 12.1 Å². The Morgan fingerprint density at radius 3 is 3.00 bits per heavy atom. The van der Waals surface area contributed by atoms with Gasteiger partial charge in [0.2, 0.25) is 5.95 Å². The summed E-state index contributed by atoms with van der Waals surface area (Å²) in [6.45, 7) is 4.73. The maximum Gasteiger partial charge on any atom is 0.207 e. The highest BCUT2D eigenvalue weighted by molar-refractivity contribution is 5.46. The Balaban J connectivity index is 2.49. The maximum atomic E-state index is 13.2. The van der Waals surface area contributed by atoms with Crippen LogP contribution in [0.4, 0.5) is 10.3 Å². The van der Waals surface area contributed by atoms with Crippen LogP contribution in [0.3, 0.4) is 0 Å². The average Bonchev–Trinajstić information content (AvgIpc) is 2.70. The molecule has 0 saturated carbocycles. The molecule has 84 valence electrons. The second kappa shape index (κ2) is 4.35. The van der Waals surface area contributed by atoms with Crippen LogP contribution in [-0.4, -0.2) is 16.1 Å². The van der Waals surface area contributed by atoms with Crippen LogP contribution in [0.25, 0.3) is 5.69 Å². The number of benzene rings is 1. The van der Waals surface area contributed by atoms with Gasteiger partial charge in [0.05, 0.1) is 5.69 Å². The largest absolute Gasteiger partial charge is 0.356 e. The van der Waals surface area contributed by atoms with Crippen molar-refractivity contribution in [1.29, 1.82) is 0 Å². The van der Waals surface area contributed by atoms with Crippen molar-refractivity contribution in [2.45, 2.75) is 13.8 Å². The SMILES string of the molecule is CCNc1nccn1-c1cc(F)ccc1C. The second-order valence-corrected chi connectivity index (χ2v) is 3.58. The first-order valence-electron chi connectivity index (χ1n) is 5.26. The van der Waals surface area contributed by atoms with Gasteiger partial charge in [-0.15, -0.1) is 0 Å². The lowest BCUT2D eigenvalue weighted by Crippen LogP contribution is -2.06. The minimum absolute atomic E-state index is 0.239. The molecule has 16 heavy (non-hydrogen) atoms. The number of rotatable bonds is 3. The summed E-state index contributed by atoms with van der Waals surface area (Å²) in [5.41, 5.74) is 1.83. The molecular formula is C12H14FN3. The van der Waals surface area contributed by atoms with Crippen molar-refractivity contribution in [2.24, 2.45) is 0 Å². The van der Waals surface area contributed by atoms with Crippen molar-refractivity contribution in [3.05, 3.63) is 42.0 Å². The topological polar surface area (TPSA) is 29.9 Å². The summed E-state index contributed by atoms with van der Waals surface area (Å²) in [6, 6.07) is 4.74. The highest BCUT2D eigenvalue weighted by Crippen LogP contribution is 2.19. The fourth-order valence-corrected chi connectivity index (χ4v) is 1.63. The van der Waals surface area contributed by atoms with E-state index in [4.69, 9.17) is 0 Å². The summed E-state index contributed by atoms with van der Waals surface area (Å²) in [5, 5.41) is 3.13. The van der Waals surface area contributed by atoms with Crippen LogP contribution in [0.5, 0.6) is 0 Å². The first kappa shape index (κ1) is 10.7. The molecule has 2 rings (SSSR count). The molecule has 0 fully saturated rings. The van der Waals surface area contributed by atoms with Crippen molar-refractivity contribution in [3.8, 4) is 5.69 Å². The Morgan fingerprint density at radius 2 is 2.25 bits per heavy atom. The van der Waals surface area contributed by atoms with Crippen LogP contribution in [0.15, 0.2) is 30.6 Å². The first-order valence-corrected chi connectivity index (χ1v) is 5.26. The summed E-state index contributed by atoms with van der Waals surface area (Å²) >= 11 is 0. The standard InChI is InChI=1S/C12H14FN3/c1-3-14-12-15-6-7-16(12)11-8-10(13)5-4-9(11)2/h4-8H,3H2,1-2H3,(H,14,15). The number of nitrogens with zero attached hydrogens (tertiary/aromatic N) is 2. The molecule has 1 N–H and O–H groups in total. The quantitative estimate of drug-likeness (QED) is 0.860. The summed E-state index contributed by atoms with van der Waals surface area (Å²) in [6.07, 6.45) is 3.52. The Kier molecular flexibility index (Phi) is 2.90. The Labute approximate surface area is 93.9 Å². The van der Waals surface area contributed by atoms with Crippen LogP contribution in [-0.2, 0) is 0 Å². The molecule has 2 aromatic rings. The van der Waals surface area contributed by atoms with E-state index in [9.17, 15) is 4.39 Å². The van der Waals surface area contributed by atoms with Gasteiger partial charge in [0.1, 0.15) is 5.82 Å². The minimum atomic E-state index is -0.239. The van der Waals surface area contributed by atoms with Crippen molar-refractivity contribution in [2.75, 3.05) is 11.9 Å². The molecule has 1 aromatic carbocycles. The molecule has 0 atom stereocenters. The highest BCUT2D eigenvalue weighted by atomic mass is 19.1. The van der Waals surface area contributed by atoms with Crippen LogP contribution < -0.4 is 5.32 Å². The summed E-state index contributed by atoms with van der Waals surface area (Å²) in [4.78, 5) is 4.18. The highest BCUT2D eigenvalue weighted by Gasteiger charge is 2.07. The molecule has 4 heteroatoms. The normalized spacial score (nSPS) is 10.4. The van der Waals surface area contributed by atoms with E-state index in [1.807, 2.05) is 24.6 Å². The number of hydrogen-bond acceptors (Lipinski definition) is 2. The van der Waals surface area contributed by atoms with E-state index in [0.717, 1.165) is 23.7 Å². The lowest BCUT2D eigenvalue weighted by molar-refractivity contribution is 0.626. The Bertz CT molecular complexity index is 491. The zero-order valence-electron chi connectivity index (χ0n) is 9.37. The molecule has 0 aliphatic rings. The molecular weight excluding hydrogens is 205 g/mol. The number of imidazole rings is 1. The maximum absolute atomic E-state index is 13.2. The predicted octanol–water partition coefficient (Wildman–Crippen LogP) is 2.75. The number of nitrogens with one attached hydrogen (secondary N) is 1. The fourth-order valence-electron chi connectivity index (χ4n) is 1.63. The summed E-state index contributed by atoms with van der Waals surface area (Å²) in [5.74, 6) is 0.493. The van der Waals surface area contributed by atoms with Gasteiger partial charge in [-0.05, 0) is 31.5 Å². The van der Waals surface area contributed by atoms with Crippen molar-refractivity contribution in [1.82, 2.24) is 9.55 Å².